The molecule has 0 aliphatic carbocycles. The number of nitrogens with two attached hydrogens (primary N) is 1. The molecule has 1 amide bonds. The van der Waals surface area contributed by atoms with Gasteiger partial charge in [0.25, 0.3) is 0 Å². The van der Waals surface area contributed by atoms with Crippen molar-refractivity contribution in [2.45, 2.75) is 39.3 Å². The molecule has 0 fully saturated rings. The third-order valence-electron chi connectivity index (χ3n) is 3.62. The summed E-state index contributed by atoms with van der Waals surface area (Å²) in [6.45, 7) is 6.78. The van der Waals surface area contributed by atoms with Crippen LogP contribution < -0.4 is 11.1 Å². The quantitative estimate of drug-likeness (QED) is 0.782. The normalized spacial score (nSPS) is 13.0. The Morgan fingerprint density at radius 2 is 1.70 bits per heavy atom. The van der Waals surface area contributed by atoms with Gasteiger partial charge in [-0.2, -0.15) is 0 Å². The zero-order valence-corrected chi connectivity index (χ0v) is 16.3. The number of amides is 1. The largest absolute Gasteiger partial charge is 0.353 e. The van der Waals surface area contributed by atoms with E-state index in [9.17, 15) is 4.79 Å². The van der Waals surface area contributed by atoms with Gasteiger partial charge in [0.2, 0.25) is 5.91 Å². The van der Waals surface area contributed by atoms with E-state index in [0.29, 0.717) is 18.9 Å². The number of nitrogens with zero attached hydrogens (tertiary/aromatic N) is 1. The molecule has 134 valence electrons. The van der Waals surface area contributed by atoms with Gasteiger partial charge in [0.1, 0.15) is 0 Å². The molecule has 2 atom stereocenters. The third-order valence-corrected chi connectivity index (χ3v) is 3.62. The standard InChI is InChI=1S/C17H29N3O.2ClH/c1-12(2)10-15(18)17(21)19-11-16(20(4)5)14-8-6-13(3)7-9-14;;/h6-9,12,15-16H,10-11,18H2,1-5H3,(H,19,21);2*1H/t15-,16?;;/m0../s1. The number of carbonyl (C=O) groups excluding carboxylic acids is 1. The molecule has 0 saturated heterocycles. The minimum atomic E-state index is -0.425. The van der Waals surface area contributed by atoms with Crippen LogP contribution in [-0.2, 0) is 4.79 Å². The molecule has 3 N–H and O–H groups in total. The van der Waals surface area contributed by atoms with Crippen molar-refractivity contribution in [3.05, 3.63) is 35.4 Å². The van der Waals surface area contributed by atoms with E-state index in [1.165, 1.54) is 11.1 Å². The van der Waals surface area contributed by atoms with Gasteiger partial charge in [-0.1, -0.05) is 43.7 Å². The second-order valence-corrected chi connectivity index (χ2v) is 6.37. The Kier molecular flexibility index (Phi) is 12.4. The molecule has 0 heterocycles. The summed E-state index contributed by atoms with van der Waals surface area (Å²) >= 11 is 0. The molecule has 0 aliphatic heterocycles. The fourth-order valence-electron chi connectivity index (χ4n) is 2.33. The zero-order valence-electron chi connectivity index (χ0n) is 14.7. The maximum Gasteiger partial charge on any atom is 0.236 e. The van der Waals surface area contributed by atoms with Gasteiger partial charge >= 0.3 is 0 Å². The van der Waals surface area contributed by atoms with Gasteiger partial charge in [-0.15, -0.1) is 24.8 Å². The van der Waals surface area contributed by atoms with Gasteiger partial charge < -0.3 is 16.0 Å². The molecule has 0 spiro atoms. The van der Waals surface area contributed by atoms with Crippen molar-refractivity contribution >= 4 is 30.7 Å². The first-order chi connectivity index (χ1) is 9.81. The first-order valence-corrected chi connectivity index (χ1v) is 7.57. The van der Waals surface area contributed by atoms with Crippen LogP contribution in [0.1, 0.15) is 37.4 Å². The maximum atomic E-state index is 12.0. The van der Waals surface area contributed by atoms with Gasteiger partial charge in [0, 0.05) is 6.54 Å². The summed E-state index contributed by atoms with van der Waals surface area (Å²) in [5.41, 5.74) is 8.35. The Bertz CT molecular complexity index is 450. The molecular formula is C17H31Cl2N3O. The Balaban J connectivity index is 0. The highest BCUT2D eigenvalue weighted by atomic mass is 35.5. The lowest BCUT2D eigenvalue weighted by molar-refractivity contribution is -0.122. The van der Waals surface area contributed by atoms with E-state index in [-0.39, 0.29) is 36.8 Å². The number of halogens is 2. The van der Waals surface area contributed by atoms with E-state index < -0.39 is 6.04 Å². The molecule has 1 aromatic carbocycles. The van der Waals surface area contributed by atoms with Crippen LogP contribution in [0.2, 0.25) is 0 Å². The van der Waals surface area contributed by atoms with Crippen molar-refractivity contribution in [3.63, 3.8) is 0 Å². The van der Waals surface area contributed by atoms with Crippen LogP contribution in [0.25, 0.3) is 0 Å². The number of benzene rings is 1. The van der Waals surface area contributed by atoms with E-state index in [0.717, 1.165) is 0 Å². The molecule has 0 radical (unpaired) electrons. The fraction of sp³-hybridized carbons (Fsp3) is 0.588. The Hall–Kier alpha value is -0.810. The monoisotopic (exact) mass is 363 g/mol. The number of hydrogen-bond donors (Lipinski definition) is 2. The second-order valence-electron chi connectivity index (χ2n) is 6.37. The molecule has 4 nitrogen and oxygen atoms in total. The summed E-state index contributed by atoms with van der Waals surface area (Å²) in [5.74, 6) is 0.357. The minimum absolute atomic E-state index is 0. The van der Waals surface area contributed by atoms with Crippen molar-refractivity contribution in [3.8, 4) is 0 Å². The summed E-state index contributed by atoms with van der Waals surface area (Å²) in [6, 6.07) is 8.14. The van der Waals surface area contributed by atoms with E-state index in [4.69, 9.17) is 5.73 Å². The van der Waals surface area contributed by atoms with Crippen molar-refractivity contribution in [2.75, 3.05) is 20.6 Å². The first-order valence-electron chi connectivity index (χ1n) is 7.57. The third kappa shape index (κ3) is 8.56. The highest BCUT2D eigenvalue weighted by molar-refractivity contribution is 5.85. The molecule has 1 rings (SSSR count). The maximum absolute atomic E-state index is 12.0. The minimum Gasteiger partial charge on any atom is -0.353 e. The van der Waals surface area contributed by atoms with Crippen LogP contribution in [0.15, 0.2) is 24.3 Å². The smallest absolute Gasteiger partial charge is 0.236 e. The first kappa shape index (κ1) is 24.4. The Morgan fingerprint density at radius 3 is 2.13 bits per heavy atom. The summed E-state index contributed by atoms with van der Waals surface area (Å²) in [4.78, 5) is 14.1. The van der Waals surface area contributed by atoms with Gasteiger partial charge in [0.15, 0.2) is 0 Å². The van der Waals surface area contributed by atoms with Crippen molar-refractivity contribution < 1.29 is 4.79 Å². The van der Waals surface area contributed by atoms with Crippen LogP contribution in [0.4, 0.5) is 0 Å². The summed E-state index contributed by atoms with van der Waals surface area (Å²) in [7, 11) is 4.04. The number of carbonyl (C=O) groups is 1. The Labute approximate surface area is 153 Å². The van der Waals surface area contributed by atoms with Crippen molar-refractivity contribution in [2.24, 2.45) is 11.7 Å². The lowest BCUT2D eigenvalue weighted by Crippen LogP contribution is -2.44. The average molecular weight is 364 g/mol. The Morgan fingerprint density at radius 1 is 1.17 bits per heavy atom. The van der Waals surface area contributed by atoms with E-state index >= 15 is 0 Å². The molecule has 0 aromatic heterocycles. The zero-order chi connectivity index (χ0) is 16.0. The predicted molar refractivity (Wildman–Crippen MR) is 103 cm³/mol. The summed E-state index contributed by atoms with van der Waals surface area (Å²) in [5, 5.41) is 2.98. The molecule has 1 unspecified atom stereocenters. The van der Waals surface area contributed by atoms with Gasteiger partial charge in [-0.25, -0.2) is 0 Å². The number of rotatable bonds is 7. The summed E-state index contributed by atoms with van der Waals surface area (Å²) in [6.07, 6.45) is 0.711. The number of nitrogens with one attached hydrogen (secondary N) is 1. The molecule has 0 bridgehead atoms. The second kappa shape index (κ2) is 11.7. The topological polar surface area (TPSA) is 58.4 Å². The molecule has 6 heteroatoms. The highest BCUT2D eigenvalue weighted by Gasteiger charge is 2.18. The fourth-order valence-corrected chi connectivity index (χ4v) is 2.33. The van der Waals surface area contributed by atoms with Gasteiger partial charge in [-0.05, 0) is 38.9 Å². The number of likely N-dealkylation sites (N-methyl/N-ethyl adjacent to an activating group) is 1. The van der Waals surface area contributed by atoms with Crippen LogP contribution in [0, 0.1) is 12.8 Å². The lowest BCUT2D eigenvalue weighted by atomic mass is 10.0. The number of hydrogen-bond acceptors (Lipinski definition) is 3. The van der Waals surface area contributed by atoms with Crippen LogP contribution >= 0.6 is 24.8 Å². The SMILES string of the molecule is Cc1ccc(C(CNC(=O)[C@@H](N)CC(C)C)N(C)C)cc1.Cl.Cl. The molecular weight excluding hydrogens is 333 g/mol. The van der Waals surface area contributed by atoms with Crippen molar-refractivity contribution in [1.82, 2.24) is 10.2 Å². The molecule has 0 saturated carbocycles. The van der Waals surface area contributed by atoms with Crippen LogP contribution in [0.5, 0.6) is 0 Å². The predicted octanol–water partition coefficient (Wildman–Crippen LogP) is 2.93. The molecule has 1 aromatic rings. The van der Waals surface area contributed by atoms with E-state index in [2.05, 4.69) is 55.3 Å². The van der Waals surface area contributed by atoms with Crippen LogP contribution in [0.3, 0.4) is 0 Å². The molecule has 23 heavy (non-hydrogen) atoms. The molecule has 0 aliphatic rings. The van der Waals surface area contributed by atoms with Crippen molar-refractivity contribution in [1.29, 1.82) is 0 Å². The van der Waals surface area contributed by atoms with Gasteiger partial charge in [-0.3, -0.25) is 4.79 Å². The highest BCUT2D eigenvalue weighted by Crippen LogP contribution is 2.18. The van der Waals surface area contributed by atoms with Gasteiger partial charge in [0.05, 0.1) is 12.1 Å². The lowest BCUT2D eigenvalue weighted by Gasteiger charge is -2.26. The average Bonchev–Trinajstić information content (AvgIpc) is 2.39. The van der Waals surface area contributed by atoms with E-state index in [1.807, 2.05) is 14.1 Å². The number of aryl methyl sites for hydroxylation is 1. The van der Waals surface area contributed by atoms with Crippen LogP contribution in [-0.4, -0.2) is 37.5 Å². The van der Waals surface area contributed by atoms with E-state index in [1.54, 1.807) is 0 Å². The summed E-state index contributed by atoms with van der Waals surface area (Å²) < 4.78 is 0.